The molecule has 0 fully saturated rings. The van der Waals surface area contributed by atoms with Crippen molar-refractivity contribution in [2.45, 2.75) is 20.0 Å². The first-order valence-corrected chi connectivity index (χ1v) is 11.5. The summed E-state index contributed by atoms with van der Waals surface area (Å²) in [6.45, 7) is 2.78. The van der Waals surface area contributed by atoms with Crippen LogP contribution in [0.25, 0.3) is 0 Å². The smallest absolute Gasteiger partial charge is 0.261 e. The predicted molar refractivity (Wildman–Crippen MR) is 132 cm³/mol. The third-order valence-electron chi connectivity index (χ3n) is 5.78. The van der Waals surface area contributed by atoms with Gasteiger partial charge in [0.2, 0.25) is 0 Å². The van der Waals surface area contributed by atoms with Crippen molar-refractivity contribution in [1.82, 2.24) is 19.7 Å². The average Bonchev–Trinajstić information content (AvgIpc) is 3.43. The Labute approximate surface area is 207 Å². The number of imide groups is 1. The van der Waals surface area contributed by atoms with Crippen molar-refractivity contribution in [3.05, 3.63) is 107 Å². The van der Waals surface area contributed by atoms with Gasteiger partial charge in [0.05, 0.1) is 36.4 Å². The van der Waals surface area contributed by atoms with Gasteiger partial charge in [-0.3, -0.25) is 28.9 Å². The van der Waals surface area contributed by atoms with Gasteiger partial charge in [-0.2, -0.15) is 5.10 Å². The van der Waals surface area contributed by atoms with Gasteiger partial charge in [-0.25, -0.2) is 0 Å². The Bertz CT molecular complexity index is 1410. The standard InChI is InChI=1S/C27H23N5O4/c1-2-36-23-8-7-19(17-32-26(34)20-5-3-4-6-21(20)27(32)35)15-22(23)25(33)29-24-11-14-31(30-24)16-18-9-12-28-13-10-18/h3-15H,2,16-17H2,1H3,(H,29,30,33). The number of hydrogen-bond acceptors (Lipinski definition) is 6. The number of carbonyl (C=O) groups excluding carboxylic acids is 3. The highest BCUT2D eigenvalue weighted by molar-refractivity contribution is 6.21. The molecule has 180 valence electrons. The normalized spacial score (nSPS) is 12.5. The molecule has 2 aromatic carbocycles. The molecule has 5 rings (SSSR count). The van der Waals surface area contributed by atoms with Crippen molar-refractivity contribution in [2.24, 2.45) is 0 Å². The van der Waals surface area contributed by atoms with E-state index in [-0.39, 0.29) is 23.9 Å². The molecular weight excluding hydrogens is 458 g/mol. The summed E-state index contributed by atoms with van der Waals surface area (Å²) < 4.78 is 7.37. The average molecular weight is 482 g/mol. The minimum absolute atomic E-state index is 0.0413. The molecule has 0 atom stereocenters. The number of fused-ring (bicyclic) bond motifs is 1. The SMILES string of the molecule is CCOc1ccc(CN2C(=O)c3ccccc3C2=O)cc1C(=O)Nc1ccn(Cc2ccncc2)n1. The Morgan fingerprint density at radius 1 is 0.917 bits per heavy atom. The first-order chi connectivity index (χ1) is 17.5. The molecule has 36 heavy (non-hydrogen) atoms. The van der Waals surface area contributed by atoms with Crippen LogP contribution in [0.1, 0.15) is 49.1 Å². The van der Waals surface area contributed by atoms with Crippen LogP contribution in [0.5, 0.6) is 5.75 Å². The number of nitrogens with zero attached hydrogens (tertiary/aromatic N) is 4. The molecule has 0 bridgehead atoms. The van der Waals surface area contributed by atoms with Crippen LogP contribution >= 0.6 is 0 Å². The zero-order valence-electron chi connectivity index (χ0n) is 19.5. The highest BCUT2D eigenvalue weighted by Crippen LogP contribution is 2.27. The van der Waals surface area contributed by atoms with E-state index in [2.05, 4.69) is 15.4 Å². The van der Waals surface area contributed by atoms with Crippen molar-refractivity contribution < 1.29 is 19.1 Å². The molecule has 0 spiro atoms. The minimum Gasteiger partial charge on any atom is -0.493 e. The Morgan fingerprint density at radius 3 is 2.33 bits per heavy atom. The Balaban J connectivity index is 1.34. The van der Waals surface area contributed by atoms with E-state index >= 15 is 0 Å². The van der Waals surface area contributed by atoms with Gasteiger partial charge < -0.3 is 10.1 Å². The summed E-state index contributed by atoms with van der Waals surface area (Å²) in [4.78, 5) is 43.9. The van der Waals surface area contributed by atoms with E-state index in [1.165, 1.54) is 4.90 Å². The quantitative estimate of drug-likeness (QED) is 0.384. The van der Waals surface area contributed by atoms with E-state index in [0.29, 0.717) is 41.4 Å². The molecule has 0 unspecified atom stereocenters. The van der Waals surface area contributed by atoms with Crippen LogP contribution in [0.3, 0.4) is 0 Å². The second kappa shape index (κ2) is 9.83. The lowest BCUT2D eigenvalue weighted by atomic mass is 10.1. The molecular formula is C27H23N5O4. The molecule has 0 saturated heterocycles. The second-order valence-electron chi connectivity index (χ2n) is 8.21. The molecule has 0 saturated carbocycles. The van der Waals surface area contributed by atoms with Crippen molar-refractivity contribution >= 4 is 23.5 Å². The fourth-order valence-corrected chi connectivity index (χ4v) is 4.07. The fourth-order valence-electron chi connectivity index (χ4n) is 4.07. The van der Waals surface area contributed by atoms with Crippen molar-refractivity contribution in [3.63, 3.8) is 0 Å². The first kappa shape index (κ1) is 23.0. The molecule has 0 radical (unpaired) electrons. The maximum absolute atomic E-state index is 13.2. The number of anilines is 1. The maximum Gasteiger partial charge on any atom is 0.261 e. The summed E-state index contributed by atoms with van der Waals surface area (Å²) in [7, 11) is 0. The maximum atomic E-state index is 13.2. The number of carbonyl (C=O) groups is 3. The van der Waals surface area contributed by atoms with Crippen LogP contribution in [0, 0.1) is 0 Å². The van der Waals surface area contributed by atoms with E-state index < -0.39 is 5.91 Å². The molecule has 2 aromatic heterocycles. The molecule has 9 nitrogen and oxygen atoms in total. The zero-order chi connectivity index (χ0) is 25.1. The van der Waals surface area contributed by atoms with Crippen molar-refractivity contribution in [2.75, 3.05) is 11.9 Å². The number of hydrogen-bond donors (Lipinski definition) is 1. The largest absolute Gasteiger partial charge is 0.493 e. The minimum atomic E-state index is -0.406. The van der Waals surface area contributed by atoms with Gasteiger partial charge in [0, 0.05) is 24.7 Å². The van der Waals surface area contributed by atoms with Crippen LogP contribution in [0.4, 0.5) is 5.82 Å². The number of ether oxygens (including phenoxy) is 1. The predicted octanol–water partition coefficient (Wildman–Crippen LogP) is 3.77. The van der Waals surface area contributed by atoms with Crippen LogP contribution < -0.4 is 10.1 Å². The van der Waals surface area contributed by atoms with Gasteiger partial charge >= 0.3 is 0 Å². The monoisotopic (exact) mass is 481 g/mol. The van der Waals surface area contributed by atoms with Gasteiger partial charge in [-0.1, -0.05) is 18.2 Å². The van der Waals surface area contributed by atoms with E-state index in [0.717, 1.165) is 5.56 Å². The lowest BCUT2D eigenvalue weighted by Crippen LogP contribution is -2.29. The topological polar surface area (TPSA) is 106 Å². The van der Waals surface area contributed by atoms with Crippen LogP contribution in [0.2, 0.25) is 0 Å². The fraction of sp³-hybridized carbons (Fsp3) is 0.148. The van der Waals surface area contributed by atoms with Crippen molar-refractivity contribution in [3.8, 4) is 5.75 Å². The van der Waals surface area contributed by atoms with E-state index in [1.54, 1.807) is 71.8 Å². The summed E-state index contributed by atoms with van der Waals surface area (Å²) in [6.07, 6.45) is 5.20. The number of pyridine rings is 1. The molecule has 0 aliphatic carbocycles. The number of amides is 3. The van der Waals surface area contributed by atoms with Crippen LogP contribution in [-0.2, 0) is 13.1 Å². The van der Waals surface area contributed by atoms with E-state index in [4.69, 9.17) is 4.74 Å². The zero-order valence-corrected chi connectivity index (χ0v) is 19.5. The number of nitrogens with one attached hydrogen (secondary N) is 1. The van der Waals surface area contributed by atoms with E-state index in [1.807, 2.05) is 19.1 Å². The Kier molecular flexibility index (Phi) is 6.27. The molecule has 4 aromatic rings. The summed E-state index contributed by atoms with van der Waals surface area (Å²) in [5, 5.41) is 7.23. The van der Waals surface area contributed by atoms with Crippen molar-refractivity contribution in [1.29, 1.82) is 0 Å². The molecule has 1 N–H and O–H groups in total. The first-order valence-electron chi connectivity index (χ1n) is 11.5. The number of rotatable bonds is 8. The molecule has 1 aliphatic rings. The summed E-state index contributed by atoms with van der Waals surface area (Å²) in [6, 6.07) is 17.3. The van der Waals surface area contributed by atoms with Crippen LogP contribution in [0.15, 0.2) is 79.3 Å². The summed E-state index contributed by atoms with van der Waals surface area (Å²) >= 11 is 0. The Morgan fingerprint density at radius 2 is 1.64 bits per heavy atom. The second-order valence-corrected chi connectivity index (χ2v) is 8.21. The lowest BCUT2D eigenvalue weighted by Gasteiger charge is -2.16. The Hall–Kier alpha value is -4.79. The number of benzene rings is 2. The molecule has 3 heterocycles. The molecule has 3 amide bonds. The third kappa shape index (κ3) is 4.58. The lowest BCUT2D eigenvalue weighted by molar-refractivity contribution is 0.0642. The van der Waals surface area contributed by atoms with E-state index in [9.17, 15) is 14.4 Å². The van der Waals surface area contributed by atoms with Crippen LogP contribution in [-0.4, -0.2) is 44.0 Å². The molecule has 9 heteroatoms. The van der Waals surface area contributed by atoms with Gasteiger partial charge in [0.25, 0.3) is 17.7 Å². The summed E-state index contributed by atoms with van der Waals surface area (Å²) in [5.74, 6) is -0.318. The highest BCUT2D eigenvalue weighted by Gasteiger charge is 2.35. The van der Waals surface area contributed by atoms with Gasteiger partial charge in [-0.05, 0) is 54.4 Å². The highest BCUT2D eigenvalue weighted by atomic mass is 16.5. The molecule has 1 aliphatic heterocycles. The number of aromatic nitrogens is 3. The van der Waals surface area contributed by atoms with Gasteiger partial charge in [-0.15, -0.1) is 0 Å². The summed E-state index contributed by atoms with van der Waals surface area (Å²) in [5.41, 5.74) is 2.71. The van der Waals surface area contributed by atoms with Gasteiger partial charge in [0.15, 0.2) is 5.82 Å². The third-order valence-corrected chi connectivity index (χ3v) is 5.78. The van der Waals surface area contributed by atoms with Gasteiger partial charge in [0.1, 0.15) is 5.75 Å².